The van der Waals surface area contributed by atoms with Gasteiger partial charge in [-0.25, -0.2) is 4.79 Å². The molecular formula is C2H3N3O2. The van der Waals surface area contributed by atoms with Gasteiger partial charge in [-0.05, 0) is 0 Å². The molecule has 3 N–H and O–H groups in total. The highest BCUT2D eigenvalue weighted by Crippen LogP contribution is 1.54. The van der Waals surface area contributed by atoms with E-state index in [0.717, 1.165) is 0 Å². The number of hydrogen-bond acceptors (Lipinski definition) is 3. The fourth-order valence-corrected chi connectivity index (χ4v) is 0.0731. The van der Waals surface area contributed by atoms with E-state index in [1.165, 1.54) is 6.26 Å². The van der Waals surface area contributed by atoms with Gasteiger partial charge in [0.2, 0.25) is 0 Å². The largest absolute Gasteiger partial charge is 0.349 e. The molecule has 0 fully saturated rings. The van der Waals surface area contributed by atoms with Gasteiger partial charge in [0, 0.05) is 0 Å². The minimum absolute atomic E-state index is 0.887. The van der Waals surface area contributed by atoms with Crippen LogP contribution in [0.4, 0.5) is 4.79 Å². The van der Waals surface area contributed by atoms with Crippen LogP contribution in [0.15, 0.2) is 0 Å². The van der Waals surface area contributed by atoms with Crippen molar-refractivity contribution < 1.29 is 9.63 Å². The van der Waals surface area contributed by atoms with Crippen molar-refractivity contribution in [3.8, 4) is 6.26 Å². The molecule has 0 aromatic carbocycles. The Morgan fingerprint density at radius 1 is 2.00 bits per heavy atom. The molecular weight excluding hydrogens is 98.0 g/mol. The van der Waals surface area contributed by atoms with Crippen LogP contribution < -0.4 is 11.2 Å². The van der Waals surface area contributed by atoms with Crippen LogP contribution in [0.25, 0.3) is 0 Å². The van der Waals surface area contributed by atoms with Crippen molar-refractivity contribution in [2.75, 3.05) is 0 Å². The summed E-state index contributed by atoms with van der Waals surface area (Å²) in [6, 6.07) is -0.887. The Balaban J connectivity index is 3.02. The minimum Gasteiger partial charge on any atom is -0.349 e. The number of rotatable bonds is 1. The van der Waals surface area contributed by atoms with E-state index in [0.29, 0.717) is 0 Å². The summed E-state index contributed by atoms with van der Waals surface area (Å²) in [5, 5.41) is 7.57. The van der Waals surface area contributed by atoms with Gasteiger partial charge in [0.15, 0.2) is 0 Å². The average molecular weight is 101 g/mol. The third kappa shape index (κ3) is 4.56. The number of urea groups is 1. The van der Waals surface area contributed by atoms with E-state index in [-0.39, 0.29) is 0 Å². The molecule has 0 aliphatic rings. The molecule has 0 heterocycles. The number of hydrogen-bond donors (Lipinski definition) is 2. The van der Waals surface area contributed by atoms with Crippen molar-refractivity contribution in [1.29, 1.82) is 5.26 Å². The number of nitriles is 1. The zero-order valence-corrected chi connectivity index (χ0v) is 3.34. The summed E-state index contributed by atoms with van der Waals surface area (Å²) in [6.07, 6.45) is 1.19. The van der Waals surface area contributed by atoms with Crippen LogP contribution in [0.3, 0.4) is 0 Å². The van der Waals surface area contributed by atoms with E-state index < -0.39 is 6.03 Å². The molecule has 0 aliphatic carbocycles. The molecule has 0 radical (unpaired) electrons. The van der Waals surface area contributed by atoms with Crippen LogP contribution in [0.2, 0.25) is 0 Å². The molecule has 0 saturated heterocycles. The molecule has 0 rings (SSSR count). The van der Waals surface area contributed by atoms with Crippen LogP contribution in [-0.4, -0.2) is 6.03 Å². The van der Waals surface area contributed by atoms with Crippen LogP contribution >= 0.6 is 0 Å². The zero-order valence-electron chi connectivity index (χ0n) is 3.34. The normalized spacial score (nSPS) is 6.14. The Bertz CT molecular complexity index is 104. The topological polar surface area (TPSA) is 88.1 Å². The van der Waals surface area contributed by atoms with Gasteiger partial charge in [0.05, 0.1) is 0 Å². The SMILES string of the molecule is N#CONC(N)=O. The van der Waals surface area contributed by atoms with Crippen molar-refractivity contribution in [3.05, 3.63) is 0 Å². The van der Waals surface area contributed by atoms with E-state index in [2.05, 4.69) is 10.6 Å². The lowest BCUT2D eigenvalue weighted by Crippen LogP contribution is -2.27. The molecule has 0 bridgehead atoms. The lowest BCUT2D eigenvalue weighted by molar-refractivity contribution is 0.159. The quantitative estimate of drug-likeness (QED) is 0.330. The highest BCUT2D eigenvalue weighted by atomic mass is 16.6. The molecule has 0 unspecified atom stereocenters. The molecule has 0 saturated carbocycles. The van der Waals surface area contributed by atoms with E-state index >= 15 is 0 Å². The molecule has 7 heavy (non-hydrogen) atoms. The second-order valence-corrected chi connectivity index (χ2v) is 0.660. The number of nitrogens with one attached hydrogen (secondary N) is 1. The summed E-state index contributed by atoms with van der Waals surface area (Å²) in [5.41, 5.74) is 6.03. The Labute approximate surface area is 39.6 Å². The van der Waals surface area contributed by atoms with E-state index in [1.807, 2.05) is 0 Å². The van der Waals surface area contributed by atoms with Crippen LogP contribution in [0.1, 0.15) is 0 Å². The Morgan fingerprint density at radius 2 is 2.57 bits per heavy atom. The van der Waals surface area contributed by atoms with Gasteiger partial charge in [0.1, 0.15) is 0 Å². The average Bonchev–Trinajstić information content (AvgIpc) is 1.61. The second-order valence-electron chi connectivity index (χ2n) is 0.660. The van der Waals surface area contributed by atoms with Crippen LogP contribution in [0, 0.1) is 11.5 Å². The molecule has 0 aliphatic heterocycles. The molecule has 2 amide bonds. The molecule has 0 aromatic rings. The molecule has 0 spiro atoms. The predicted molar refractivity (Wildman–Crippen MR) is 19.4 cm³/mol. The summed E-state index contributed by atoms with van der Waals surface area (Å²) in [6.45, 7) is 0. The maximum absolute atomic E-state index is 9.59. The molecule has 5 nitrogen and oxygen atoms in total. The van der Waals surface area contributed by atoms with Gasteiger partial charge < -0.3 is 5.73 Å². The van der Waals surface area contributed by atoms with Crippen molar-refractivity contribution in [2.45, 2.75) is 0 Å². The Kier molecular flexibility index (Phi) is 2.21. The first kappa shape index (κ1) is 5.56. The number of nitrogens with two attached hydrogens (primary N) is 1. The van der Waals surface area contributed by atoms with E-state index in [9.17, 15) is 4.79 Å². The Hall–Kier alpha value is -1.44. The van der Waals surface area contributed by atoms with Gasteiger partial charge in [-0.2, -0.15) is 5.48 Å². The van der Waals surface area contributed by atoms with Crippen molar-refractivity contribution in [1.82, 2.24) is 5.48 Å². The first-order valence-corrected chi connectivity index (χ1v) is 1.37. The number of nitrogens with zero attached hydrogens (tertiary/aromatic N) is 1. The molecule has 0 aromatic heterocycles. The van der Waals surface area contributed by atoms with Gasteiger partial charge in [0.25, 0.3) is 0 Å². The maximum Gasteiger partial charge on any atom is 0.346 e. The van der Waals surface area contributed by atoms with Gasteiger partial charge in [-0.15, -0.1) is 5.26 Å². The summed E-state index contributed by atoms with van der Waals surface area (Å²) >= 11 is 0. The van der Waals surface area contributed by atoms with Crippen molar-refractivity contribution >= 4 is 6.03 Å². The number of carbonyl (C=O) groups is 1. The lowest BCUT2D eigenvalue weighted by Gasteiger charge is -1.88. The van der Waals surface area contributed by atoms with Gasteiger partial charge >= 0.3 is 12.3 Å². The fraction of sp³-hybridized carbons (Fsp3) is 0. The highest BCUT2D eigenvalue weighted by molar-refractivity contribution is 5.70. The number of hydroxylamine groups is 1. The predicted octanol–water partition coefficient (Wildman–Crippen LogP) is -0.933. The molecule has 38 valence electrons. The summed E-state index contributed by atoms with van der Waals surface area (Å²) in [4.78, 5) is 13.3. The summed E-state index contributed by atoms with van der Waals surface area (Å²) in [5.74, 6) is 0. The number of carbonyl (C=O) groups excluding carboxylic acids is 1. The minimum atomic E-state index is -0.887. The van der Waals surface area contributed by atoms with Gasteiger partial charge in [-0.1, -0.05) is 0 Å². The standard InChI is InChI=1S/C2H3N3O2/c3-1-7-5-2(4)6/h(H3,4,5,6). The molecule has 0 atom stereocenters. The first-order valence-electron chi connectivity index (χ1n) is 1.37. The van der Waals surface area contributed by atoms with E-state index in [4.69, 9.17) is 5.26 Å². The third-order valence-electron chi connectivity index (χ3n) is 0.197. The monoisotopic (exact) mass is 101 g/mol. The summed E-state index contributed by atoms with van der Waals surface area (Å²) in [7, 11) is 0. The highest BCUT2D eigenvalue weighted by Gasteiger charge is 1.83. The number of primary amides is 1. The smallest absolute Gasteiger partial charge is 0.346 e. The van der Waals surface area contributed by atoms with Crippen molar-refractivity contribution in [3.63, 3.8) is 0 Å². The van der Waals surface area contributed by atoms with Gasteiger partial charge in [-0.3, -0.25) is 4.84 Å². The number of amides is 2. The summed E-state index contributed by atoms with van der Waals surface area (Å²) < 4.78 is 0. The van der Waals surface area contributed by atoms with Crippen LogP contribution in [0.5, 0.6) is 0 Å². The lowest BCUT2D eigenvalue weighted by atomic mass is 11.2. The first-order chi connectivity index (χ1) is 3.27. The van der Waals surface area contributed by atoms with Crippen LogP contribution in [-0.2, 0) is 4.84 Å². The maximum atomic E-state index is 9.59. The van der Waals surface area contributed by atoms with E-state index in [1.54, 1.807) is 5.48 Å². The molecule has 5 heteroatoms. The Morgan fingerprint density at radius 3 is 2.71 bits per heavy atom. The zero-order chi connectivity index (χ0) is 5.70. The fourth-order valence-electron chi connectivity index (χ4n) is 0.0731. The third-order valence-corrected chi connectivity index (χ3v) is 0.197. The van der Waals surface area contributed by atoms with Crippen molar-refractivity contribution in [2.24, 2.45) is 5.73 Å². The second kappa shape index (κ2) is 2.78.